The van der Waals surface area contributed by atoms with E-state index in [1.54, 1.807) is 36.5 Å². The summed E-state index contributed by atoms with van der Waals surface area (Å²) in [6.45, 7) is 3.64. The van der Waals surface area contributed by atoms with Gasteiger partial charge in [-0.3, -0.25) is 9.59 Å². The Morgan fingerprint density at radius 1 is 1.07 bits per heavy atom. The molecule has 6 nitrogen and oxygen atoms in total. The van der Waals surface area contributed by atoms with E-state index in [1.807, 2.05) is 32.0 Å². The van der Waals surface area contributed by atoms with E-state index in [0.717, 1.165) is 5.56 Å². The van der Waals surface area contributed by atoms with Crippen LogP contribution in [0.1, 0.15) is 26.2 Å². The summed E-state index contributed by atoms with van der Waals surface area (Å²) in [7, 11) is 0. The van der Waals surface area contributed by atoms with E-state index in [-0.39, 0.29) is 24.2 Å². The van der Waals surface area contributed by atoms with Crippen LogP contribution < -0.4 is 10.6 Å². The molecule has 3 rings (SSSR count). The van der Waals surface area contributed by atoms with Crippen LogP contribution in [0.2, 0.25) is 5.02 Å². The largest absolute Gasteiger partial charge is 0.441 e. The molecule has 0 atom stereocenters. The Labute approximate surface area is 174 Å². The number of carbonyl (C=O) groups excluding carboxylic acids is 2. The second-order valence-corrected chi connectivity index (χ2v) is 7.28. The molecule has 7 heteroatoms. The Hall–Kier alpha value is -3.12. The van der Waals surface area contributed by atoms with E-state index in [9.17, 15) is 9.59 Å². The van der Waals surface area contributed by atoms with Gasteiger partial charge in [-0.15, -0.1) is 0 Å². The fourth-order valence-corrected chi connectivity index (χ4v) is 2.85. The molecule has 0 saturated carbocycles. The molecular weight excluding hydrogens is 390 g/mol. The van der Waals surface area contributed by atoms with Crippen molar-refractivity contribution in [3.05, 3.63) is 65.6 Å². The molecule has 1 heterocycles. The Kier molecular flexibility index (Phi) is 6.67. The average molecular weight is 412 g/mol. The molecule has 0 aliphatic heterocycles. The van der Waals surface area contributed by atoms with Gasteiger partial charge in [0.2, 0.25) is 11.8 Å². The van der Waals surface area contributed by atoms with Gasteiger partial charge in [0, 0.05) is 35.7 Å². The number of nitrogens with one attached hydrogen (secondary N) is 2. The third-order valence-electron chi connectivity index (χ3n) is 4.20. The van der Waals surface area contributed by atoms with E-state index in [0.29, 0.717) is 34.5 Å². The zero-order valence-electron chi connectivity index (χ0n) is 16.2. The van der Waals surface area contributed by atoms with Crippen molar-refractivity contribution in [2.24, 2.45) is 5.92 Å². The van der Waals surface area contributed by atoms with E-state index in [2.05, 4.69) is 15.6 Å². The number of rotatable bonds is 7. The second-order valence-electron chi connectivity index (χ2n) is 6.87. The number of carbonyl (C=O) groups is 2. The number of amides is 2. The average Bonchev–Trinajstić information content (AvgIpc) is 3.16. The molecule has 2 N–H and O–H groups in total. The first kappa shape index (κ1) is 20.6. The van der Waals surface area contributed by atoms with Crippen molar-refractivity contribution in [3.63, 3.8) is 0 Å². The first-order chi connectivity index (χ1) is 13.9. The molecule has 0 fully saturated rings. The highest BCUT2D eigenvalue weighted by atomic mass is 35.5. The molecule has 3 aromatic rings. The normalized spacial score (nSPS) is 10.8. The standard InChI is InChI=1S/C22H22ClN3O3/c1-14(2)22(28)26-16-7-5-6-15(12-16)25-20(27)10-11-21-24-13-19(29-21)17-8-3-4-9-18(17)23/h3-9,12-14H,10-11H2,1-2H3,(H,25,27)(H,26,28). The van der Waals surface area contributed by atoms with Gasteiger partial charge < -0.3 is 15.1 Å². The number of hydrogen-bond acceptors (Lipinski definition) is 4. The van der Waals surface area contributed by atoms with Gasteiger partial charge in [-0.2, -0.15) is 0 Å². The first-order valence-corrected chi connectivity index (χ1v) is 9.70. The molecule has 150 valence electrons. The molecule has 2 amide bonds. The van der Waals surface area contributed by atoms with Crippen LogP contribution in [-0.4, -0.2) is 16.8 Å². The number of benzene rings is 2. The van der Waals surface area contributed by atoms with Gasteiger partial charge in [0.15, 0.2) is 11.7 Å². The zero-order chi connectivity index (χ0) is 20.8. The van der Waals surface area contributed by atoms with Gasteiger partial charge in [0.05, 0.1) is 11.2 Å². The van der Waals surface area contributed by atoms with Crippen LogP contribution in [0.3, 0.4) is 0 Å². The van der Waals surface area contributed by atoms with Crippen molar-refractivity contribution < 1.29 is 14.0 Å². The first-order valence-electron chi connectivity index (χ1n) is 9.33. The van der Waals surface area contributed by atoms with Gasteiger partial charge in [0.25, 0.3) is 0 Å². The van der Waals surface area contributed by atoms with Crippen LogP contribution in [0.5, 0.6) is 0 Å². The van der Waals surface area contributed by atoms with Crippen LogP contribution in [0.4, 0.5) is 11.4 Å². The van der Waals surface area contributed by atoms with Crippen molar-refractivity contribution >= 4 is 34.8 Å². The Morgan fingerprint density at radius 3 is 2.52 bits per heavy atom. The maximum absolute atomic E-state index is 12.3. The molecule has 0 unspecified atom stereocenters. The quantitative estimate of drug-likeness (QED) is 0.562. The topological polar surface area (TPSA) is 84.2 Å². The molecule has 0 aliphatic rings. The summed E-state index contributed by atoms with van der Waals surface area (Å²) in [5.41, 5.74) is 2.01. The van der Waals surface area contributed by atoms with Gasteiger partial charge in [-0.1, -0.05) is 43.6 Å². The number of oxazole rings is 1. The van der Waals surface area contributed by atoms with Crippen LogP contribution >= 0.6 is 11.6 Å². The van der Waals surface area contributed by atoms with E-state index in [4.69, 9.17) is 16.0 Å². The lowest BCUT2D eigenvalue weighted by Gasteiger charge is -2.10. The summed E-state index contributed by atoms with van der Waals surface area (Å²) < 4.78 is 5.71. The third-order valence-corrected chi connectivity index (χ3v) is 4.53. The Bertz CT molecular complexity index is 1010. The van der Waals surface area contributed by atoms with Crippen LogP contribution in [0, 0.1) is 5.92 Å². The molecule has 2 aromatic carbocycles. The minimum atomic E-state index is -0.171. The van der Waals surface area contributed by atoms with E-state index in [1.165, 1.54) is 0 Å². The molecule has 29 heavy (non-hydrogen) atoms. The van der Waals surface area contributed by atoms with E-state index < -0.39 is 0 Å². The number of hydrogen-bond donors (Lipinski definition) is 2. The van der Waals surface area contributed by atoms with Crippen molar-refractivity contribution in [2.45, 2.75) is 26.7 Å². The van der Waals surface area contributed by atoms with Crippen molar-refractivity contribution in [3.8, 4) is 11.3 Å². The van der Waals surface area contributed by atoms with Gasteiger partial charge >= 0.3 is 0 Å². The zero-order valence-corrected chi connectivity index (χ0v) is 17.0. The highest BCUT2D eigenvalue weighted by molar-refractivity contribution is 6.33. The predicted molar refractivity (Wildman–Crippen MR) is 114 cm³/mol. The molecular formula is C22H22ClN3O3. The molecule has 0 bridgehead atoms. The van der Waals surface area contributed by atoms with Crippen LogP contribution in [0.15, 0.2) is 59.1 Å². The molecule has 0 aliphatic carbocycles. The third kappa shape index (κ3) is 5.68. The maximum atomic E-state index is 12.3. The van der Waals surface area contributed by atoms with Crippen molar-refractivity contribution in [2.75, 3.05) is 10.6 Å². The summed E-state index contributed by atoms with van der Waals surface area (Å²) in [4.78, 5) is 28.3. The van der Waals surface area contributed by atoms with Crippen LogP contribution in [-0.2, 0) is 16.0 Å². The summed E-state index contributed by atoms with van der Waals surface area (Å²) in [5, 5.41) is 6.21. The van der Waals surface area contributed by atoms with Crippen molar-refractivity contribution in [1.29, 1.82) is 0 Å². The number of aromatic nitrogens is 1. The molecule has 0 spiro atoms. The Morgan fingerprint density at radius 2 is 1.79 bits per heavy atom. The molecule has 0 radical (unpaired) electrons. The monoisotopic (exact) mass is 411 g/mol. The smallest absolute Gasteiger partial charge is 0.226 e. The molecule has 0 saturated heterocycles. The Balaban J connectivity index is 1.56. The second kappa shape index (κ2) is 9.39. The SMILES string of the molecule is CC(C)C(=O)Nc1cccc(NC(=O)CCc2ncc(-c3ccccc3Cl)o2)c1. The number of aryl methyl sites for hydroxylation is 1. The van der Waals surface area contributed by atoms with Gasteiger partial charge in [0.1, 0.15) is 0 Å². The summed E-state index contributed by atoms with van der Waals surface area (Å²) in [5.74, 6) is 0.666. The molecule has 1 aromatic heterocycles. The summed E-state index contributed by atoms with van der Waals surface area (Å²) >= 11 is 6.17. The lowest BCUT2D eigenvalue weighted by Crippen LogP contribution is -2.18. The summed E-state index contributed by atoms with van der Waals surface area (Å²) in [6, 6.07) is 14.4. The van der Waals surface area contributed by atoms with Crippen molar-refractivity contribution in [1.82, 2.24) is 4.98 Å². The number of anilines is 2. The minimum absolute atomic E-state index is 0.0771. The fourth-order valence-electron chi connectivity index (χ4n) is 2.62. The summed E-state index contributed by atoms with van der Waals surface area (Å²) in [6.07, 6.45) is 2.18. The minimum Gasteiger partial charge on any atom is -0.441 e. The maximum Gasteiger partial charge on any atom is 0.226 e. The van der Waals surface area contributed by atoms with Gasteiger partial charge in [-0.25, -0.2) is 4.98 Å². The lowest BCUT2D eigenvalue weighted by molar-refractivity contribution is -0.119. The van der Waals surface area contributed by atoms with Gasteiger partial charge in [-0.05, 0) is 30.3 Å². The predicted octanol–water partition coefficient (Wildman–Crippen LogP) is 5.16. The number of halogens is 1. The lowest BCUT2D eigenvalue weighted by atomic mass is 10.2. The van der Waals surface area contributed by atoms with Crippen LogP contribution in [0.25, 0.3) is 11.3 Å². The number of nitrogens with zero attached hydrogens (tertiary/aromatic N) is 1. The highest BCUT2D eigenvalue weighted by Gasteiger charge is 2.12. The fraction of sp³-hybridized carbons (Fsp3) is 0.227. The highest BCUT2D eigenvalue weighted by Crippen LogP contribution is 2.28. The van der Waals surface area contributed by atoms with E-state index >= 15 is 0 Å².